The van der Waals surface area contributed by atoms with Crippen LogP contribution in [0, 0.1) is 0 Å². The summed E-state index contributed by atoms with van der Waals surface area (Å²) in [6, 6.07) is 28.6. The molecule has 0 radical (unpaired) electrons. The van der Waals surface area contributed by atoms with E-state index >= 15 is 0 Å². The van der Waals surface area contributed by atoms with Crippen molar-refractivity contribution in [1.29, 1.82) is 0 Å². The maximum Gasteiger partial charge on any atom is 0.0603 e. The minimum atomic E-state index is 0.0189. The maximum atomic E-state index is 2.65. The zero-order valence-corrected chi connectivity index (χ0v) is 15.9. The molecule has 1 heteroatoms. The molecular formula is C26H25N. The van der Waals surface area contributed by atoms with Gasteiger partial charge in [-0.3, -0.25) is 0 Å². The van der Waals surface area contributed by atoms with Crippen molar-refractivity contribution in [2.24, 2.45) is 0 Å². The summed E-state index contributed by atoms with van der Waals surface area (Å²) in [5.74, 6) is 0. The van der Waals surface area contributed by atoms with E-state index < -0.39 is 0 Å². The lowest BCUT2D eigenvalue weighted by Crippen LogP contribution is -2.48. The maximum absolute atomic E-state index is 2.65. The van der Waals surface area contributed by atoms with Gasteiger partial charge in [-0.25, -0.2) is 0 Å². The number of anilines is 1. The number of para-hydroxylation sites is 1. The quantitative estimate of drug-likeness (QED) is 0.583. The minimum absolute atomic E-state index is 0.0189. The molecular weight excluding hydrogens is 326 g/mol. The van der Waals surface area contributed by atoms with Crippen LogP contribution in [0.2, 0.25) is 0 Å². The van der Waals surface area contributed by atoms with Gasteiger partial charge in [0.1, 0.15) is 0 Å². The van der Waals surface area contributed by atoms with E-state index in [1.54, 1.807) is 0 Å². The van der Waals surface area contributed by atoms with Crippen molar-refractivity contribution in [3.8, 4) is 0 Å². The third-order valence-electron chi connectivity index (χ3n) is 6.08. The number of rotatable bonds is 4. The first-order valence-electron chi connectivity index (χ1n) is 9.92. The van der Waals surface area contributed by atoms with Crippen molar-refractivity contribution in [1.82, 2.24) is 0 Å². The fourth-order valence-electron chi connectivity index (χ4n) is 4.87. The molecule has 27 heavy (non-hydrogen) atoms. The Morgan fingerprint density at radius 1 is 0.815 bits per heavy atom. The predicted octanol–water partition coefficient (Wildman–Crippen LogP) is 5.69. The van der Waals surface area contributed by atoms with Gasteiger partial charge in [0.25, 0.3) is 0 Å². The second-order valence-electron chi connectivity index (χ2n) is 8.07. The summed E-state index contributed by atoms with van der Waals surface area (Å²) in [7, 11) is 0. The Morgan fingerprint density at radius 2 is 1.52 bits per heavy atom. The number of benzene rings is 3. The highest BCUT2D eigenvalue weighted by Gasteiger charge is 2.39. The Hall–Kier alpha value is -2.80. The van der Waals surface area contributed by atoms with Crippen LogP contribution in [0.5, 0.6) is 0 Å². The fourth-order valence-corrected chi connectivity index (χ4v) is 4.87. The SMILES string of the molecule is CC1(Cc2ccccc2)C=C(Cc2ccccc2)c2cccc3c2N1CC3. The highest BCUT2D eigenvalue weighted by Crippen LogP contribution is 2.46. The molecule has 0 amide bonds. The average Bonchev–Trinajstić information content (AvgIpc) is 3.14. The topological polar surface area (TPSA) is 3.24 Å². The Balaban J connectivity index is 1.61. The Labute approximate surface area is 162 Å². The van der Waals surface area contributed by atoms with Crippen LogP contribution >= 0.6 is 0 Å². The molecule has 0 aromatic heterocycles. The van der Waals surface area contributed by atoms with Gasteiger partial charge in [-0.15, -0.1) is 0 Å². The van der Waals surface area contributed by atoms with Crippen LogP contribution in [0.3, 0.4) is 0 Å². The summed E-state index contributed by atoms with van der Waals surface area (Å²) in [4.78, 5) is 2.65. The molecule has 0 spiro atoms. The summed E-state index contributed by atoms with van der Waals surface area (Å²) >= 11 is 0. The molecule has 1 unspecified atom stereocenters. The Morgan fingerprint density at radius 3 is 2.26 bits per heavy atom. The third-order valence-corrected chi connectivity index (χ3v) is 6.08. The smallest absolute Gasteiger partial charge is 0.0603 e. The van der Waals surface area contributed by atoms with Crippen molar-refractivity contribution in [3.63, 3.8) is 0 Å². The fraction of sp³-hybridized carbons (Fsp3) is 0.231. The van der Waals surface area contributed by atoms with Gasteiger partial charge in [0.05, 0.1) is 5.54 Å². The van der Waals surface area contributed by atoms with E-state index in [4.69, 9.17) is 0 Å². The van der Waals surface area contributed by atoms with Crippen LogP contribution < -0.4 is 4.90 Å². The average molecular weight is 351 g/mol. The molecule has 0 aliphatic carbocycles. The van der Waals surface area contributed by atoms with E-state index in [0.717, 1.165) is 25.8 Å². The first-order chi connectivity index (χ1) is 13.2. The van der Waals surface area contributed by atoms with Crippen LogP contribution in [0.4, 0.5) is 5.69 Å². The van der Waals surface area contributed by atoms with Gasteiger partial charge < -0.3 is 4.90 Å². The molecule has 1 atom stereocenters. The van der Waals surface area contributed by atoms with Gasteiger partial charge in [-0.1, -0.05) is 84.9 Å². The second-order valence-corrected chi connectivity index (χ2v) is 8.07. The van der Waals surface area contributed by atoms with E-state index in [9.17, 15) is 0 Å². The van der Waals surface area contributed by atoms with Crippen LogP contribution in [0.25, 0.3) is 5.57 Å². The summed E-state index contributed by atoms with van der Waals surface area (Å²) in [5.41, 5.74) is 8.69. The van der Waals surface area contributed by atoms with E-state index in [-0.39, 0.29) is 5.54 Å². The Kier molecular flexibility index (Phi) is 3.89. The van der Waals surface area contributed by atoms with Crippen molar-refractivity contribution >= 4 is 11.3 Å². The van der Waals surface area contributed by atoms with Crippen LogP contribution in [0.15, 0.2) is 84.9 Å². The zero-order valence-electron chi connectivity index (χ0n) is 15.9. The first-order valence-corrected chi connectivity index (χ1v) is 9.92. The molecule has 0 saturated heterocycles. The van der Waals surface area contributed by atoms with Crippen LogP contribution in [-0.2, 0) is 19.3 Å². The normalized spacial score (nSPS) is 20.3. The highest BCUT2D eigenvalue weighted by molar-refractivity contribution is 5.86. The molecule has 2 aliphatic rings. The van der Waals surface area contributed by atoms with Gasteiger partial charge in [-0.2, -0.15) is 0 Å². The lowest BCUT2D eigenvalue weighted by atomic mass is 9.81. The van der Waals surface area contributed by atoms with Crippen molar-refractivity contribution < 1.29 is 0 Å². The highest BCUT2D eigenvalue weighted by atomic mass is 15.2. The van der Waals surface area contributed by atoms with Crippen molar-refractivity contribution in [2.45, 2.75) is 31.7 Å². The standard InChI is InChI=1S/C26H25N/c1-26(18-21-11-6-3-7-12-21)19-23(17-20-9-4-2-5-10-20)24-14-8-13-22-15-16-27(26)25(22)24/h2-14,19H,15-18H2,1H3. The summed E-state index contributed by atoms with van der Waals surface area (Å²) in [6.45, 7) is 3.53. The van der Waals surface area contributed by atoms with E-state index in [1.165, 1.54) is 33.5 Å². The first kappa shape index (κ1) is 16.4. The van der Waals surface area contributed by atoms with E-state index in [1.807, 2.05) is 0 Å². The van der Waals surface area contributed by atoms with Gasteiger partial charge >= 0.3 is 0 Å². The van der Waals surface area contributed by atoms with E-state index in [2.05, 4.69) is 96.8 Å². The minimum Gasteiger partial charge on any atom is -0.361 e. The molecule has 2 aliphatic heterocycles. The monoisotopic (exact) mass is 351 g/mol. The number of nitrogens with zero attached hydrogens (tertiary/aromatic N) is 1. The van der Waals surface area contributed by atoms with Crippen LogP contribution in [-0.4, -0.2) is 12.1 Å². The second kappa shape index (κ2) is 6.42. The van der Waals surface area contributed by atoms with Crippen molar-refractivity contribution in [3.05, 3.63) is 107 Å². The molecule has 3 aromatic rings. The van der Waals surface area contributed by atoms with Crippen molar-refractivity contribution in [2.75, 3.05) is 11.4 Å². The summed E-state index contributed by atoms with van der Waals surface area (Å²) in [5, 5.41) is 0. The van der Waals surface area contributed by atoms with Gasteiger partial charge in [-0.05, 0) is 48.4 Å². The molecule has 2 heterocycles. The molecule has 5 rings (SSSR count). The lowest BCUT2D eigenvalue weighted by Gasteiger charge is -2.44. The summed E-state index contributed by atoms with van der Waals surface area (Å²) in [6.07, 6.45) is 5.74. The molecule has 1 nitrogen and oxygen atoms in total. The molecule has 0 fully saturated rings. The molecule has 0 N–H and O–H groups in total. The molecule has 3 aromatic carbocycles. The van der Waals surface area contributed by atoms with Gasteiger partial charge in [0.2, 0.25) is 0 Å². The van der Waals surface area contributed by atoms with Gasteiger partial charge in [0, 0.05) is 17.8 Å². The molecule has 134 valence electrons. The Bertz CT molecular complexity index is 987. The molecule has 0 bridgehead atoms. The van der Waals surface area contributed by atoms with Gasteiger partial charge in [0.15, 0.2) is 0 Å². The third kappa shape index (κ3) is 2.88. The largest absolute Gasteiger partial charge is 0.361 e. The number of hydrogen-bond donors (Lipinski definition) is 0. The molecule has 0 saturated carbocycles. The summed E-state index contributed by atoms with van der Waals surface area (Å²) < 4.78 is 0. The zero-order chi connectivity index (χ0) is 18.3. The lowest BCUT2D eigenvalue weighted by molar-refractivity contribution is 0.518. The van der Waals surface area contributed by atoms with E-state index in [0.29, 0.717) is 0 Å². The number of allylic oxidation sites excluding steroid dienone is 1. The van der Waals surface area contributed by atoms with Crippen LogP contribution in [0.1, 0.15) is 29.2 Å². The predicted molar refractivity (Wildman–Crippen MR) is 114 cm³/mol. The number of hydrogen-bond acceptors (Lipinski definition) is 1.